The van der Waals surface area contributed by atoms with Crippen LogP contribution in [0, 0.1) is 6.92 Å². The van der Waals surface area contributed by atoms with Crippen molar-refractivity contribution in [1.82, 2.24) is 0 Å². The maximum absolute atomic E-state index is 8.68. The molecule has 0 aliphatic carbocycles. The topological polar surface area (TPSA) is 46.2 Å². The van der Waals surface area contributed by atoms with Gasteiger partial charge >= 0.3 is 0 Å². The number of rotatable bonds is 2. The van der Waals surface area contributed by atoms with Crippen molar-refractivity contribution in [2.75, 3.05) is 6.61 Å². The SMILES string of the molecule is Cc1ccc(C(N)CO)s1. The summed E-state index contributed by atoms with van der Waals surface area (Å²) in [7, 11) is 0. The molecule has 1 heterocycles. The first-order chi connectivity index (χ1) is 4.74. The smallest absolute Gasteiger partial charge is 0.0632 e. The van der Waals surface area contributed by atoms with Crippen LogP contribution in [0.1, 0.15) is 15.8 Å². The van der Waals surface area contributed by atoms with Crippen LogP contribution in [-0.2, 0) is 0 Å². The molecule has 0 spiro atoms. The maximum Gasteiger partial charge on any atom is 0.0632 e. The van der Waals surface area contributed by atoms with Gasteiger partial charge in [0.25, 0.3) is 0 Å². The van der Waals surface area contributed by atoms with E-state index in [9.17, 15) is 0 Å². The Morgan fingerprint density at radius 1 is 1.70 bits per heavy atom. The number of hydrogen-bond donors (Lipinski definition) is 2. The summed E-state index contributed by atoms with van der Waals surface area (Å²) < 4.78 is 0. The lowest BCUT2D eigenvalue weighted by Gasteiger charge is -2.02. The third-order valence-corrected chi connectivity index (χ3v) is 2.46. The highest BCUT2D eigenvalue weighted by molar-refractivity contribution is 7.12. The fraction of sp³-hybridized carbons (Fsp3) is 0.429. The van der Waals surface area contributed by atoms with Crippen molar-refractivity contribution in [3.63, 3.8) is 0 Å². The molecule has 0 aliphatic heterocycles. The Hall–Kier alpha value is -0.380. The van der Waals surface area contributed by atoms with Gasteiger partial charge in [0.2, 0.25) is 0 Å². The number of aliphatic hydroxyl groups is 1. The van der Waals surface area contributed by atoms with Gasteiger partial charge in [-0.1, -0.05) is 0 Å². The molecule has 3 N–H and O–H groups in total. The molecular formula is C7H11NOS. The standard InChI is InChI=1S/C7H11NOS/c1-5-2-3-7(10-5)6(8)4-9/h2-3,6,9H,4,8H2,1H3. The minimum atomic E-state index is -0.196. The van der Waals surface area contributed by atoms with Crippen LogP contribution in [0.3, 0.4) is 0 Å². The van der Waals surface area contributed by atoms with E-state index in [1.165, 1.54) is 4.88 Å². The predicted molar refractivity (Wildman–Crippen MR) is 43.1 cm³/mol. The fourth-order valence-corrected chi connectivity index (χ4v) is 1.61. The predicted octanol–water partition coefficient (Wildman–Crippen LogP) is 1.05. The zero-order valence-corrected chi connectivity index (χ0v) is 6.69. The third kappa shape index (κ3) is 1.56. The number of aryl methyl sites for hydroxylation is 1. The molecule has 0 bridgehead atoms. The first kappa shape index (κ1) is 7.72. The molecule has 2 nitrogen and oxygen atoms in total. The second-order valence-electron chi connectivity index (χ2n) is 2.24. The summed E-state index contributed by atoms with van der Waals surface area (Å²) in [6.07, 6.45) is 0. The van der Waals surface area contributed by atoms with Crippen molar-refractivity contribution < 1.29 is 5.11 Å². The second-order valence-corrected chi connectivity index (χ2v) is 3.56. The summed E-state index contributed by atoms with van der Waals surface area (Å²) in [5, 5.41) is 8.68. The van der Waals surface area contributed by atoms with Gasteiger partial charge in [0, 0.05) is 9.75 Å². The Bertz CT molecular complexity index is 209. The van der Waals surface area contributed by atoms with Crippen LogP contribution in [0.15, 0.2) is 12.1 Å². The molecule has 0 aromatic carbocycles. The average molecular weight is 157 g/mol. The molecule has 1 atom stereocenters. The highest BCUT2D eigenvalue weighted by atomic mass is 32.1. The van der Waals surface area contributed by atoms with E-state index in [1.54, 1.807) is 11.3 Å². The van der Waals surface area contributed by atoms with E-state index in [4.69, 9.17) is 10.8 Å². The molecule has 1 aromatic heterocycles. The van der Waals surface area contributed by atoms with Crippen molar-refractivity contribution in [3.05, 3.63) is 21.9 Å². The summed E-state index contributed by atoms with van der Waals surface area (Å²) in [5.74, 6) is 0. The number of aliphatic hydroxyl groups excluding tert-OH is 1. The van der Waals surface area contributed by atoms with Crippen LogP contribution in [0.2, 0.25) is 0 Å². The highest BCUT2D eigenvalue weighted by Gasteiger charge is 2.04. The lowest BCUT2D eigenvalue weighted by atomic mass is 10.3. The van der Waals surface area contributed by atoms with Gasteiger partial charge in [-0.2, -0.15) is 0 Å². The molecule has 3 heteroatoms. The summed E-state index contributed by atoms with van der Waals surface area (Å²) in [6, 6.07) is 3.77. The first-order valence-electron chi connectivity index (χ1n) is 3.17. The molecule has 0 saturated carbocycles. The van der Waals surface area contributed by atoms with Crippen LogP contribution in [-0.4, -0.2) is 11.7 Å². The Labute approximate surface area is 64.3 Å². The van der Waals surface area contributed by atoms with Gasteiger partial charge in [0.15, 0.2) is 0 Å². The highest BCUT2D eigenvalue weighted by Crippen LogP contribution is 2.20. The van der Waals surface area contributed by atoms with E-state index in [2.05, 4.69) is 0 Å². The lowest BCUT2D eigenvalue weighted by Crippen LogP contribution is -2.12. The van der Waals surface area contributed by atoms with Gasteiger partial charge in [0.1, 0.15) is 0 Å². The Balaban J connectivity index is 2.74. The van der Waals surface area contributed by atoms with Crippen LogP contribution >= 0.6 is 11.3 Å². The molecule has 1 unspecified atom stereocenters. The Morgan fingerprint density at radius 2 is 2.40 bits per heavy atom. The average Bonchev–Trinajstić information content (AvgIpc) is 2.34. The van der Waals surface area contributed by atoms with Crippen LogP contribution in [0.5, 0.6) is 0 Å². The maximum atomic E-state index is 8.68. The zero-order valence-electron chi connectivity index (χ0n) is 5.87. The van der Waals surface area contributed by atoms with Gasteiger partial charge in [-0.15, -0.1) is 11.3 Å². The van der Waals surface area contributed by atoms with Crippen molar-refractivity contribution in [3.8, 4) is 0 Å². The van der Waals surface area contributed by atoms with E-state index in [0.717, 1.165) is 4.88 Å². The van der Waals surface area contributed by atoms with E-state index in [1.807, 2.05) is 19.1 Å². The van der Waals surface area contributed by atoms with E-state index in [0.29, 0.717) is 0 Å². The van der Waals surface area contributed by atoms with E-state index in [-0.39, 0.29) is 12.6 Å². The molecule has 0 fully saturated rings. The minimum Gasteiger partial charge on any atom is -0.394 e. The van der Waals surface area contributed by atoms with Gasteiger partial charge in [0.05, 0.1) is 12.6 Å². The molecule has 0 radical (unpaired) electrons. The van der Waals surface area contributed by atoms with Gasteiger partial charge in [-0.05, 0) is 19.1 Å². The Kier molecular flexibility index (Phi) is 2.43. The third-order valence-electron chi connectivity index (χ3n) is 1.32. The quantitative estimate of drug-likeness (QED) is 0.674. The zero-order chi connectivity index (χ0) is 7.56. The molecular weight excluding hydrogens is 146 g/mol. The van der Waals surface area contributed by atoms with Crippen molar-refractivity contribution in [2.45, 2.75) is 13.0 Å². The van der Waals surface area contributed by atoms with Crippen LogP contribution < -0.4 is 5.73 Å². The van der Waals surface area contributed by atoms with Crippen molar-refractivity contribution >= 4 is 11.3 Å². The molecule has 0 aliphatic rings. The summed E-state index contributed by atoms with van der Waals surface area (Å²) in [4.78, 5) is 2.29. The number of thiophene rings is 1. The fourth-order valence-electron chi connectivity index (χ4n) is 0.743. The second kappa shape index (κ2) is 3.14. The van der Waals surface area contributed by atoms with Gasteiger partial charge < -0.3 is 10.8 Å². The first-order valence-corrected chi connectivity index (χ1v) is 3.98. The molecule has 0 saturated heterocycles. The lowest BCUT2D eigenvalue weighted by molar-refractivity contribution is 0.269. The summed E-state index contributed by atoms with van der Waals surface area (Å²) >= 11 is 1.64. The van der Waals surface area contributed by atoms with E-state index < -0.39 is 0 Å². The minimum absolute atomic E-state index is 0.0277. The molecule has 1 rings (SSSR count). The molecule has 56 valence electrons. The molecule has 1 aromatic rings. The monoisotopic (exact) mass is 157 g/mol. The molecule has 0 amide bonds. The van der Waals surface area contributed by atoms with Crippen LogP contribution in [0.4, 0.5) is 0 Å². The summed E-state index contributed by atoms with van der Waals surface area (Å²) in [5.41, 5.74) is 5.57. The van der Waals surface area contributed by atoms with Gasteiger partial charge in [-0.3, -0.25) is 0 Å². The van der Waals surface area contributed by atoms with E-state index >= 15 is 0 Å². The van der Waals surface area contributed by atoms with Gasteiger partial charge in [-0.25, -0.2) is 0 Å². The molecule has 10 heavy (non-hydrogen) atoms. The summed E-state index contributed by atoms with van der Waals surface area (Å²) in [6.45, 7) is 2.05. The normalized spacial score (nSPS) is 13.5. The number of hydrogen-bond acceptors (Lipinski definition) is 3. The van der Waals surface area contributed by atoms with Crippen molar-refractivity contribution in [1.29, 1.82) is 0 Å². The Morgan fingerprint density at radius 3 is 2.80 bits per heavy atom. The number of nitrogens with two attached hydrogens (primary N) is 1. The van der Waals surface area contributed by atoms with Crippen molar-refractivity contribution in [2.24, 2.45) is 5.73 Å². The largest absolute Gasteiger partial charge is 0.394 e. The van der Waals surface area contributed by atoms with Crippen LogP contribution in [0.25, 0.3) is 0 Å².